The van der Waals surface area contributed by atoms with Crippen molar-refractivity contribution in [2.45, 2.75) is 33.0 Å². The molecule has 1 rings (SSSR count). The van der Waals surface area contributed by atoms with E-state index in [4.69, 9.17) is 9.84 Å². The van der Waals surface area contributed by atoms with Crippen LogP contribution >= 0.6 is 0 Å². The van der Waals surface area contributed by atoms with Crippen LogP contribution in [0.25, 0.3) is 0 Å². The van der Waals surface area contributed by atoms with E-state index in [-0.39, 0.29) is 6.10 Å². The Kier molecular flexibility index (Phi) is 4.31. The van der Waals surface area contributed by atoms with Crippen molar-refractivity contribution in [1.29, 1.82) is 0 Å². The first-order valence-electron chi connectivity index (χ1n) is 5.24. The SMILES string of the molecule is CC(C)Oc1ccc(NC(=O)C(C)O)cc1. The second kappa shape index (κ2) is 5.51. The first-order chi connectivity index (χ1) is 7.49. The summed E-state index contributed by atoms with van der Waals surface area (Å²) in [6.07, 6.45) is -0.885. The van der Waals surface area contributed by atoms with Crippen LogP contribution in [-0.4, -0.2) is 23.2 Å². The summed E-state index contributed by atoms with van der Waals surface area (Å²) in [5, 5.41) is 11.6. The average molecular weight is 223 g/mol. The number of amides is 1. The maximum absolute atomic E-state index is 11.2. The minimum atomic E-state index is -1.01. The lowest BCUT2D eigenvalue weighted by atomic mass is 10.3. The zero-order chi connectivity index (χ0) is 12.1. The van der Waals surface area contributed by atoms with Crippen LogP contribution in [0.3, 0.4) is 0 Å². The molecule has 0 saturated heterocycles. The lowest BCUT2D eigenvalue weighted by Crippen LogP contribution is -2.24. The highest BCUT2D eigenvalue weighted by Crippen LogP contribution is 2.16. The van der Waals surface area contributed by atoms with Gasteiger partial charge >= 0.3 is 0 Å². The number of aliphatic hydroxyl groups is 1. The molecule has 88 valence electrons. The molecule has 0 radical (unpaired) electrons. The molecule has 0 aromatic heterocycles. The van der Waals surface area contributed by atoms with E-state index in [1.54, 1.807) is 24.3 Å². The summed E-state index contributed by atoms with van der Waals surface area (Å²) >= 11 is 0. The highest BCUT2D eigenvalue weighted by atomic mass is 16.5. The molecular formula is C12H17NO3. The van der Waals surface area contributed by atoms with E-state index in [1.807, 2.05) is 13.8 Å². The predicted octanol–water partition coefficient (Wildman–Crippen LogP) is 1.79. The van der Waals surface area contributed by atoms with Gasteiger partial charge in [0.15, 0.2) is 0 Å². The molecule has 0 aliphatic carbocycles. The van der Waals surface area contributed by atoms with Gasteiger partial charge in [0.05, 0.1) is 6.10 Å². The maximum atomic E-state index is 11.2. The van der Waals surface area contributed by atoms with Crippen molar-refractivity contribution >= 4 is 11.6 Å². The number of rotatable bonds is 4. The van der Waals surface area contributed by atoms with Crippen LogP contribution in [0, 0.1) is 0 Å². The molecule has 0 fully saturated rings. The van der Waals surface area contributed by atoms with Crippen LogP contribution in [0.5, 0.6) is 5.75 Å². The van der Waals surface area contributed by atoms with Gasteiger partial charge < -0.3 is 15.2 Å². The molecule has 1 aromatic rings. The fourth-order valence-electron chi connectivity index (χ4n) is 1.14. The summed E-state index contributed by atoms with van der Waals surface area (Å²) in [4.78, 5) is 11.2. The van der Waals surface area contributed by atoms with Crippen molar-refractivity contribution in [3.63, 3.8) is 0 Å². The summed E-state index contributed by atoms with van der Waals surface area (Å²) in [6, 6.07) is 7.02. The van der Waals surface area contributed by atoms with Gasteiger partial charge in [-0.3, -0.25) is 4.79 Å². The number of anilines is 1. The summed E-state index contributed by atoms with van der Waals surface area (Å²) in [5.74, 6) is 0.336. The van der Waals surface area contributed by atoms with Gasteiger partial charge in [-0.1, -0.05) is 0 Å². The molecule has 0 saturated carbocycles. The third kappa shape index (κ3) is 3.90. The van der Waals surface area contributed by atoms with Crippen molar-refractivity contribution in [3.05, 3.63) is 24.3 Å². The normalized spacial score (nSPS) is 12.3. The first-order valence-corrected chi connectivity index (χ1v) is 5.24. The predicted molar refractivity (Wildman–Crippen MR) is 62.5 cm³/mol. The Hall–Kier alpha value is -1.55. The Morgan fingerprint density at radius 2 is 1.81 bits per heavy atom. The van der Waals surface area contributed by atoms with Crippen molar-refractivity contribution in [2.75, 3.05) is 5.32 Å². The lowest BCUT2D eigenvalue weighted by Gasteiger charge is -2.11. The Morgan fingerprint density at radius 3 is 2.25 bits per heavy atom. The van der Waals surface area contributed by atoms with Crippen molar-refractivity contribution in [1.82, 2.24) is 0 Å². The fraction of sp³-hybridized carbons (Fsp3) is 0.417. The van der Waals surface area contributed by atoms with Crippen LogP contribution in [0.15, 0.2) is 24.3 Å². The van der Waals surface area contributed by atoms with E-state index in [0.29, 0.717) is 5.69 Å². The molecule has 16 heavy (non-hydrogen) atoms. The molecule has 1 aromatic carbocycles. The highest BCUT2D eigenvalue weighted by Gasteiger charge is 2.08. The Labute approximate surface area is 95.2 Å². The second-order valence-corrected chi connectivity index (χ2v) is 3.86. The van der Waals surface area contributed by atoms with E-state index in [1.165, 1.54) is 6.92 Å². The van der Waals surface area contributed by atoms with Crippen molar-refractivity contribution < 1.29 is 14.6 Å². The van der Waals surface area contributed by atoms with Crippen LogP contribution in [-0.2, 0) is 4.79 Å². The number of carbonyl (C=O) groups excluding carboxylic acids is 1. The smallest absolute Gasteiger partial charge is 0.252 e. The topological polar surface area (TPSA) is 58.6 Å². The number of hydrogen-bond donors (Lipinski definition) is 2. The van der Waals surface area contributed by atoms with E-state index in [9.17, 15) is 4.79 Å². The van der Waals surface area contributed by atoms with Crippen LogP contribution in [0.1, 0.15) is 20.8 Å². The molecule has 1 atom stereocenters. The third-order valence-electron chi connectivity index (χ3n) is 1.87. The fourth-order valence-corrected chi connectivity index (χ4v) is 1.14. The number of hydrogen-bond acceptors (Lipinski definition) is 3. The van der Waals surface area contributed by atoms with Gasteiger partial charge in [-0.15, -0.1) is 0 Å². The number of carbonyl (C=O) groups is 1. The number of ether oxygens (including phenoxy) is 1. The van der Waals surface area contributed by atoms with Gasteiger partial charge in [-0.25, -0.2) is 0 Å². The van der Waals surface area contributed by atoms with Gasteiger partial charge in [-0.05, 0) is 45.0 Å². The first kappa shape index (κ1) is 12.5. The number of nitrogens with one attached hydrogen (secondary N) is 1. The minimum absolute atomic E-state index is 0.123. The maximum Gasteiger partial charge on any atom is 0.252 e. The molecule has 0 aliphatic heterocycles. The van der Waals surface area contributed by atoms with E-state index in [0.717, 1.165) is 5.75 Å². The molecule has 0 heterocycles. The summed E-state index contributed by atoms with van der Waals surface area (Å²) in [5.41, 5.74) is 0.641. The van der Waals surface area contributed by atoms with E-state index in [2.05, 4.69) is 5.32 Å². The Morgan fingerprint density at radius 1 is 1.25 bits per heavy atom. The summed E-state index contributed by atoms with van der Waals surface area (Å²) in [6.45, 7) is 5.32. The van der Waals surface area contributed by atoms with E-state index < -0.39 is 12.0 Å². The van der Waals surface area contributed by atoms with E-state index >= 15 is 0 Å². The minimum Gasteiger partial charge on any atom is -0.491 e. The largest absolute Gasteiger partial charge is 0.491 e. The molecule has 0 aliphatic rings. The molecule has 1 unspecified atom stereocenters. The molecule has 4 nitrogen and oxygen atoms in total. The standard InChI is InChI=1S/C12H17NO3/c1-8(2)16-11-6-4-10(5-7-11)13-12(15)9(3)14/h4-9,14H,1-3H3,(H,13,15). The van der Waals surface area contributed by atoms with Crippen LogP contribution < -0.4 is 10.1 Å². The Balaban J connectivity index is 2.61. The summed E-state index contributed by atoms with van der Waals surface area (Å²) < 4.78 is 5.46. The highest BCUT2D eigenvalue weighted by molar-refractivity contribution is 5.93. The molecule has 1 amide bonds. The molecular weight excluding hydrogens is 206 g/mol. The lowest BCUT2D eigenvalue weighted by molar-refractivity contribution is -0.123. The van der Waals surface area contributed by atoms with Crippen molar-refractivity contribution in [3.8, 4) is 5.75 Å². The number of aliphatic hydroxyl groups excluding tert-OH is 1. The Bertz CT molecular complexity index is 344. The third-order valence-corrected chi connectivity index (χ3v) is 1.87. The second-order valence-electron chi connectivity index (χ2n) is 3.86. The number of benzene rings is 1. The van der Waals surface area contributed by atoms with Gasteiger partial charge in [0.25, 0.3) is 5.91 Å². The monoisotopic (exact) mass is 223 g/mol. The average Bonchev–Trinajstić information content (AvgIpc) is 2.20. The zero-order valence-electron chi connectivity index (χ0n) is 9.73. The zero-order valence-corrected chi connectivity index (χ0v) is 9.73. The molecule has 2 N–H and O–H groups in total. The van der Waals surface area contributed by atoms with Crippen molar-refractivity contribution in [2.24, 2.45) is 0 Å². The van der Waals surface area contributed by atoms with Crippen LogP contribution in [0.2, 0.25) is 0 Å². The molecule has 0 bridgehead atoms. The summed E-state index contributed by atoms with van der Waals surface area (Å²) in [7, 11) is 0. The van der Waals surface area contributed by atoms with Gasteiger partial charge in [-0.2, -0.15) is 0 Å². The quantitative estimate of drug-likeness (QED) is 0.818. The van der Waals surface area contributed by atoms with Gasteiger partial charge in [0, 0.05) is 5.69 Å². The van der Waals surface area contributed by atoms with Crippen LogP contribution in [0.4, 0.5) is 5.69 Å². The molecule has 4 heteroatoms. The molecule has 0 spiro atoms. The van der Waals surface area contributed by atoms with Gasteiger partial charge in [0.1, 0.15) is 11.9 Å². The van der Waals surface area contributed by atoms with Gasteiger partial charge in [0.2, 0.25) is 0 Å².